The standard InChI is InChI=1S/C10H17NO2/c1-3-4-5-6-11-9(12)7-8(2)10(11)13/h8H,3-7H2,1-2H3. The van der Waals surface area contributed by atoms with Crippen molar-refractivity contribution in [1.82, 2.24) is 4.90 Å². The quantitative estimate of drug-likeness (QED) is 0.490. The lowest BCUT2D eigenvalue weighted by atomic mass is 10.1. The molecule has 1 saturated heterocycles. The molecule has 0 aliphatic carbocycles. The lowest BCUT2D eigenvalue weighted by molar-refractivity contribution is -0.139. The van der Waals surface area contributed by atoms with Crippen LogP contribution in [0.5, 0.6) is 0 Å². The Morgan fingerprint density at radius 2 is 2.08 bits per heavy atom. The van der Waals surface area contributed by atoms with Crippen LogP contribution in [0, 0.1) is 5.92 Å². The van der Waals surface area contributed by atoms with E-state index in [1.54, 1.807) is 0 Å². The number of rotatable bonds is 4. The third-order valence-electron chi connectivity index (χ3n) is 2.45. The summed E-state index contributed by atoms with van der Waals surface area (Å²) in [6.07, 6.45) is 3.56. The monoisotopic (exact) mass is 183 g/mol. The molecule has 13 heavy (non-hydrogen) atoms. The molecule has 0 aromatic heterocycles. The summed E-state index contributed by atoms with van der Waals surface area (Å²) >= 11 is 0. The zero-order chi connectivity index (χ0) is 9.84. The van der Waals surface area contributed by atoms with E-state index in [-0.39, 0.29) is 17.7 Å². The Morgan fingerprint density at radius 1 is 1.38 bits per heavy atom. The van der Waals surface area contributed by atoms with E-state index in [1.165, 1.54) is 4.90 Å². The molecule has 1 rings (SSSR count). The predicted molar refractivity (Wildman–Crippen MR) is 50.0 cm³/mol. The predicted octanol–water partition coefficient (Wildman–Crippen LogP) is 1.57. The van der Waals surface area contributed by atoms with Crippen LogP contribution in [0.4, 0.5) is 0 Å². The molecule has 0 aromatic carbocycles. The summed E-state index contributed by atoms with van der Waals surface area (Å²) in [6.45, 7) is 4.55. The molecule has 1 aliphatic heterocycles. The highest BCUT2D eigenvalue weighted by atomic mass is 16.2. The van der Waals surface area contributed by atoms with Gasteiger partial charge in [-0.15, -0.1) is 0 Å². The van der Waals surface area contributed by atoms with Crippen molar-refractivity contribution < 1.29 is 9.59 Å². The van der Waals surface area contributed by atoms with Gasteiger partial charge in [0, 0.05) is 18.9 Å². The molecule has 0 N–H and O–H groups in total. The van der Waals surface area contributed by atoms with Crippen molar-refractivity contribution in [3.8, 4) is 0 Å². The van der Waals surface area contributed by atoms with Crippen LogP contribution in [-0.2, 0) is 9.59 Å². The summed E-state index contributed by atoms with van der Waals surface area (Å²) in [7, 11) is 0. The van der Waals surface area contributed by atoms with Crippen molar-refractivity contribution in [1.29, 1.82) is 0 Å². The van der Waals surface area contributed by atoms with E-state index in [0.29, 0.717) is 13.0 Å². The van der Waals surface area contributed by atoms with Gasteiger partial charge in [-0.3, -0.25) is 14.5 Å². The SMILES string of the molecule is CCCCCN1C(=O)CC(C)C1=O. The number of imide groups is 1. The van der Waals surface area contributed by atoms with Crippen LogP contribution in [0.3, 0.4) is 0 Å². The summed E-state index contributed by atoms with van der Waals surface area (Å²) in [5.74, 6) is -0.0659. The van der Waals surface area contributed by atoms with E-state index in [0.717, 1.165) is 19.3 Å². The average Bonchev–Trinajstić information content (AvgIpc) is 2.32. The molecule has 2 amide bonds. The smallest absolute Gasteiger partial charge is 0.232 e. The molecular weight excluding hydrogens is 166 g/mol. The van der Waals surface area contributed by atoms with Gasteiger partial charge in [0.15, 0.2) is 0 Å². The highest BCUT2D eigenvalue weighted by Crippen LogP contribution is 2.19. The zero-order valence-electron chi connectivity index (χ0n) is 8.38. The van der Waals surface area contributed by atoms with Gasteiger partial charge in [-0.25, -0.2) is 0 Å². The normalized spacial score (nSPS) is 22.9. The van der Waals surface area contributed by atoms with Gasteiger partial charge >= 0.3 is 0 Å². The molecule has 0 aromatic rings. The number of carbonyl (C=O) groups excluding carboxylic acids is 2. The van der Waals surface area contributed by atoms with Gasteiger partial charge in [-0.2, -0.15) is 0 Å². The molecule has 0 bridgehead atoms. The van der Waals surface area contributed by atoms with E-state index in [2.05, 4.69) is 6.92 Å². The topological polar surface area (TPSA) is 37.4 Å². The van der Waals surface area contributed by atoms with Crippen molar-refractivity contribution in [2.45, 2.75) is 39.5 Å². The van der Waals surface area contributed by atoms with Gasteiger partial charge in [-0.05, 0) is 6.42 Å². The molecular formula is C10H17NO2. The maximum Gasteiger partial charge on any atom is 0.232 e. The van der Waals surface area contributed by atoms with Gasteiger partial charge in [0.05, 0.1) is 0 Å². The van der Waals surface area contributed by atoms with Crippen molar-refractivity contribution >= 4 is 11.8 Å². The number of carbonyl (C=O) groups is 2. The summed E-state index contributed by atoms with van der Waals surface area (Å²) in [4.78, 5) is 24.1. The largest absolute Gasteiger partial charge is 0.282 e. The van der Waals surface area contributed by atoms with Crippen LogP contribution in [0.2, 0.25) is 0 Å². The summed E-state index contributed by atoms with van der Waals surface area (Å²) in [5, 5.41) is 0. The third kappa shape index (κ3) is 2.29. The van der Waals surface area contributed by atoms with Gasteiger partial charge in [0.1, 0.15) is 0 Å². The first-order valence-electron chi connectivity index (χ1n) is 5.01. The lowest BCUT2D eigenvalue weighted by Gasteiger charge is -2.13. The minimum absolute atomic E-state index is 0.00797. The van der Waals surface area contributed by atoms with Crippen LogP contribution >= 0.6 is 0 Å². The molecule has 1 unspecified atom stereocenters. The minimum Gasteiger partial charge on any atom is -0.282 e. The Bertz CT molecular complexity index is 213. The number of amides is 2. The fourth-order valence-electron chi connectivity index (χ4n) is 1.60. The maximum absolute atomic E-state index is 11.4. The lowest BCUT2D eigenvalue weighted by Crippen LogP contribution is -2.31. The molecule has 0 spiro atoms. The Labute approximate surface area is 79.1 Å². The van der Waals surface area contributed by atoms with Crippen LogP contribution in [0.1, 0.15) is 39.5 Å². The van der Waals surface area contributed by atoms with Crippen molar-refractivity contribution in [2.24, 2.45) is 5.92 Å². The second-order valence-corrected chi connectivity index (χ2v) is 3.70. The maximum atomic E-state index is 11.4. The first-order valence-corrected chi connectivity index (χ1v) is 5.01. The molecule has 1 heterocycles. The van der Waals surface area contributed by atoms with Crippen LogP contribution < -0.4 is 0 Å². The highest BCUT2D eigenvalue weighted by molar-refractivity contribution is 6.03. The van der Waals surface area contributed by atoms with E-state index in [4.69, 9.17) is 0 Å². The van der Waals surface area contributed by atoms with E-state index in [9.17, 15) is 9.59 Å². The molecule has 1 fully saturated rings. The number of nitrogens with zero attached hydrogens (tertiary/aromatic N) is 1. The Balaban J connectivity index is 2.40. The van der Waals surface area contributed by atoms with E-state index >= 15 is 0 Å². The van der Waals surface area contributed by atoms with E-state index < -0.39 is 0 Å². The first kappa shape index (κ1) is 10.2. The third-order valence-corrected chi connectivity index (χ3v) is 2.45. The number of hydrogen-bond donors (Lipinski definition) is 0. The molecule has 0 saturated carbocycles. The molecule has 1 atom stereocenters. The van der Waals surface area contributed by atoms with Gasteiger partial charge in [0.25, 0.3) is 0 Å². The second kappa shape index (κ2) is 4.40. The first-order chi connectivity index (χ1) is 6.16. The van der Waals surface area contributed by atoms with Crippen molar-refractivity contribution in [2.75, 3.05) is 6.54 Å². The zero-order valence-corrected chi connectivity index (χ0v) is 8.38. The molecule has 0 radical (unpaired) electrons. The number of hydrogen-bond acceptors (Lipinski definition) is 2. The number of likely N-dealkylation sites (tertiary alicyclic amines) is 1. The summed E-state index contributed by atoms with van der Waals surface area (Å²) < 4.78 is 0. The minimum atomic E-state index is -0.0888. The van der Waals surface area contributed by atoms with Gasteiger partial charge < -0.3 is 0 Å². The molecule has 74 valence electrons. The Hall–Kier alpha value is -0.860. The Kier molecular flexibility index (Phi) is 3.46. The van der Waals surface area contributed by atoms with Crippen LogP contribution in [0.15, 0.2) is 0 Å². The number of unbranched alkanes of at least 4 members (excludes halogenated alkanes) is 2. The molecule has 3 nitrogen and oxygen atoms in total. The highest BCUT2D eigenvalue weighted by Gasteiger charge is 2.34. The van der Waals surface area contributed by atoms with Crippen molar-refractivity contribution in [3.63, 3.8) is 0 Å². The van der Waals surface area contributed by atoms with Crippen LogP contribution in [-0.4, -0.2) is 23.3 Å². The average molecular weight is 183 g/mol. The fraction of sp³-hybridized carbons (Fsp3) is 0.800. The fourth-order valence-corrected chi connectivity index (χ4v) is 1.60. The van der Waals surface area contributed by atoms with E-state index in [1.807, 2.05) is 6.92 Å². The summed E-state index contributed by atoms with van der Waals surface area (Å²) in [6, 6.07) is 0. The van der Waals surface area contributed by atoms with Crippen LogP contribution in [0.25, 0.3) is 0 Å². The molecule has 1 aliphatic rings. The van der Waals surface area contributed by atoms with Gasteiger partial charge in [0.2, 0.25) is 11.8 Å². The Morgan fingerprint density at radius 3 is 2.54 bits per heavy atom. The second-order valence-electron chi connectivity index (χ2n) is 3.70. The van der Waals surface area contributed by atoms with Gasteiger partial charge in [-0.1, -0.05) is 26.7 Å². The molecule has 3 heteroatoms. The summed E-state index contributed by atoms with van der Waals surface area (Å²) in [5.41, 5.74) is 0. The van der Waals surface area contributed by atoms with Crippen molar-refractivity contribution in [3.05, 3.63) is 0 Å².